The highest BCUT2D eigenvalue weighted by Crippen LogP contribution is 2.16. The highest BCUT2D eigenvalue weighted by atomic mass is 19.1. The second-order valence-corrected chi connectivity index (χ2v) is 5.01. The number of rotatable bonds is 5. The number of nitrogens with two attached hydrogens (primary N) is 1. The van der Waals surface area contributed by atoms with Crippen LogP contribution in [0.1, 0.15) is 29.6 Å². The first kappa shape index (κ1) is 14.9. The fraction of sp³-hybridized carbons (Fsp3) is 0.533. The van der Waals surface area contributed by atoms with Gasteiger partial charge in [-0.25, -0.2) is 4.39 Å². The van der Waals surface area contributed by atoms with E-state index in [0.29, 0.717) is 31.8 Å². The fourth-order valence-electron chi connectivity index (χ4n) is 2.33. The smallest absolute Gasteiger partial charge is 0.253 e. The van der Waals surface area contributed by atoms with E-state index in [1.54, 1.807) is 4.90 Å². The maximum absolute atomic E-state index is 12.8. The summed E-state index contributed by atoms with van der Waals surface area (Å²) in [4.78, 5) is 14.0. The van der Waals surface area contributed by atoms with E-state index in [-0.39, 0.29) is 17.8 Å². The van der Waals surface area contributed by atoms with Crippen molar-refractivity contribution in [2.45, 2.75) is 25.4 Å². The summed E-state index contributed by atoms with van der Waals surface area (Å²) < 4.78 is 18.5. The number of carbonyl (C=O) groups is 1. The lowest BCUT2D eigenvalue weighted by Gasteiger charge is -2.32. The van der Waals surface area contributed by atoms with E-state index < -0.39 is 0 Å². The second-order valence-electron chi connectivity index (χ2n) is 5.01. The summed E-state index contributed by atoms with van der Waals surface area (Å²) in [5.41, 5.74) is 5.96. The van der Waals surface area contributed by atoms with Crippen LogP contribution in [-0.2, 0) is 4.74 Å². The van der Waals surface area contributed by atoms with Gasteiger partial charge in [-0.2, -0.15) is 0 Å². The molecule has 110 valence electrons. The Labute approximate surface area is 118 Å². The quantitative estimate of drug-likeness (QED) is 0.837. The van der Waals surface area contributed by atoms with Crippen LogP contribution in [0, 0.1) is 5.82 Å². The summed E-state index contributed by atoms with van der Waals surface area (Å²) in [6.07, 6.45) is 2.78. The normalized spacial score (nSPS) is 16.4. The zero-order valence-electron chi connectivity index (χ0n) is 11.6. The topological polar surface area (TPSA) is 55.6 Å². The molecule has 0 spiro atoms. The molecule has 0 aliphatic carbocycles. The number of halogens is 1. The van der Waals surface area contributed by atoms with Crippen molar-refractivity contribution in [1.29, 1.82) is 0 Å². The molecule has 0 aromatic heterocycles. The molecule has 4 nitrogen and oxygen atoms in total. The number of nitrogens with zero attached hydrogens (tertiary/aromatic N) is 1. The van der Waals surface area contributed by atoms with Gasteiger partial charge in [-0.15, -0.1) is 0 Å². The largest absolute Gasteiger partial charge is 0.378 e. The number of ether oxygens (including phenoxy) is 1. The molecule has 1 aromatic rings. The first-order valence-electron chi connectivity index (χ1n) is 7.07. The van der Waals surface area contributed by atoms with Gasteiger partial charge in [0, 0.05) is 25.3 Å². The Hall–Kier alpha value is -1.46. The second kappa shape index (κ2) is 7.36. The molecule has 1 aliphatic rings. The van der Waals surface area contributed by atoms with E-state index >= 15 is 0 Å². The average Bonchev–Trinajstić information content (AvgIpc) is 2.48. The standard InChI is InChI=1S/C15H21FN2O2/c16-13-4-2-12(3-5-13)15(19)18-9-6-14(7-10-18)20-11-1-8-17/h2-5,14H,1,6-11,17H2. The maximum atomic E-state index is 12.8. The van der Waals surface area contributed by atoms with Gasteiger partial charge in [0.2, 0.25) is 0 Å². The van der Waals surface area contributed by atoms with Gasteiger partial charge < -0.3 is 15.4 Å². The van der Waals surface area contributed by atoms with Crippen LogP contribution in [0.4, 0.5) is 4.39 Å². The number of carbonyl (C=O) groups excluding carboxylic acids is 1. The van der Waals surface area contributed by atoms with Crippen LogP contribution >= 0.6 is 0 Å². The Morgan fingerprint density at radius 2 is 1.95 bits per heavy atom. The Bertz CT molecular complexity index is 428. The van der Waals surface area contributed by atoms with Crippen LogP contribution < -0.4 is 5.73 Å². The molecule has 0 unspecified atom stereocenters. The van der Waals surface area contributed by atoms with Gasteiger partial charge in [-0.3, -0.25) is 4.79 Å². The first-order valence-corrected chi connectivity index (χ1v) is 7.07. The summed E-state index contributed by atoms with van der Waals surface area (Å²) in [5.74, 6) is -0.362. The van der Waals surface area contributed by atoms with E-state index in [1.807, 2.05) is 0 Å². The zero-order valence-corrected chi connectivity index (χ0v) is 11.6. The SMILES string of the molecule is NCCCOC1CCN(C(=O)c2ccc(F)cc2)CC1. The van der Waals surface area contributed by atoms with Gasteiger partial charge in [-0.1, -0.05) is 0 Å². The van der Waals surface area contributed by atoms with E-state index in [2.05, 4.69) is 0 Å². The van der Waals surface area contributed by atoms with Crippen LogP contribution in [0.2, 0.25) is 0 Å². The fourth-order valence-corrected chi connectivity index (χ4v) is 2.33. The van der Waals surface area contributed by atoms with Crippen LogP contribution in [0.25, 0.3) is 0 Å². The molecule has 5 heteroatoms. The lowest BCUT2D eigenvalue weighted by molar-refractivity contribution is 0.00844. The number of amides is 1. The highest BCUT2D eigenvalue weighted by Gasteiger charge is 2.23. The Kier molecular flexibility index (Phi) is 5.49. The summed E-state index contributed by atoms with van der Waals surface area (Å²) in [7, 11) is 0. The highest BCUT2D eigenvalue weighted by molar-refractivity contribution is 5.94. The minimum atomic E-state index is -0.325. The molecule has 1 aromatic carbocycles. The van der Waals surface area contributed by atoms with E-state index in [9.17, 15) is 9.18 Å². The summed E-state index contributed by atoms with van der Waals surface area (Å²) in [6.45, 7) is 2.70. The summed E-state index contributed by atoms with van der Waals surface area (Å²) in [5, 5.41) is 0. The van der Waals surface area contributed by atoms with E-state index in [0.717, 1.165) is 19.3 Å². The van der Waals surface area contributed by atoms with Crippen molar-refractivity contribution >= 4 is 5.91 Å². The molecule has 20 heavy (non-hydrogen) atoms. The molecule has 1 aliphatic heterocycles. The Balaban J connectivity index is 1.81. The van der Waals surface area contributed by atoms with Gasteiger partial charge in [0.15, 0.2) is 0 Å². The predicted octanol–water partition coefficient (Wildman–Crippen LogP) is 1.80. The van der Waals surface area contributed by atoms with Crippen molar-refractivity contribution < 1.29 is 13.9 Å². The van der Waals surface area contributed by atoms with Crippen molar-refractivity contribution in [2.24, 2.45) is 5.73 Å². The molecular weight excluding hydrogens is 259 g/mol. The Morgan fingerprint density at radius 1 is 1.30 bits per heavy atom. The average molecular weight is 280 g/mol. The predicted molar refractivity (Wildman–Crippen MR) is 74.9 cm³/mol. The molecule has 0 atom stereocenters. The number of hydrogen-bond donors (Lipinski definition) is 1. The number of likely N-dealkylation sites (tertiary alicyclic amines) is 1. The third-order valence-electron chi connectivity index (χ3n) is 3.52. The Morgan fingerprint density at radius 3 is 2.55 bits per heavy atom. The number of benzene rings is 1. The lowest BCUT2D eigenvalue weighted by Crippen LogP contribution is -2.41. The van der Waals surface area contributed by atoms with Crippen molar-refractivity contribution in [3.8, 4) is 0 Å². The van der Waals surface area contributed by atoms with Crippen LogP contribution in [0.15, 0.2) is 24.3 Å². The van der Waals surface area contributed by atoms with Crippen molar-refractivity contribution in [3.63, 3.8) is 0 Å². The van der Waals surface area contributed by atoms with Crippen molar-refractivity contribution in [3.05, 3.63) is 35.6 Å². The summed E-state index contributed by atoms with van der Waals surface area (Å²) in [6, 6.07) is 5.69. The maximum Gasteiger partial charge on any atom is 0.253 e. The molecule has 2 rings (SSSR count). The van der Waals surface area contributed by atoms with Gasteiger partial charge in [0.05, 0.1) is 6.10 Å². The molecule has 1 amide bonds. The monoisotopic (exact) mass is 280 g/mol. The molecule has 1 saturated heterocycles. The third-order valence-corrected chi connectivity index (χ3v) is 3.52. The minimum absolute atomic E-state index is 0.0367. The van der Waals surface area contributed by atoms with Gasteiger partial charge in [0.25, 0.3) is 5.91 Å². The third kappa shape index (κ3) is 4.02. The molecule has 1 fully saturated rings. The minimum Gasteiger partial charge on any atom is -0.378 e. The summed E-state index contributed by atoms with van der Waals surface area (Å²) >= 11 is 0. The van der Waals surface area contributed by atoms with Crippen LogP contribution in [0.5, 0.6) is 0 Å². The first-order chi connectivity index (χ1) is 9.70. The molecular formula is C15H21FN2O2. The molecule has 0 saturated carbocycles. The van der Waals surface area contributed by atoms with Crippen molar-refractivity contribution in [1.82, 2.24) is 4.90 Å². The van der Waals surface area contributed by atoms with E-state index in [4.69, 9.17) is 10.5 Å². The molecule has 0 bridgehead atoms. The van der Waals surface area contributed by atoms with Crippen molar-refractivity contribution in [2.75, 3.05) is 26.2 Å². The molecule has 2 N–H and O–H groups in total. The van der Waals surface area contributed by atoms with Gasteiger partial charge in [-0.05, 0) is 50.1 Å². The van der Waals surface area contributed by atoms with Crippen LogP contribution in [0.3, 0.4) is 0 Å². The zero-order chi connectivity index (χ0) is 14.4. The molecule has 1 heterocycles. The lowest BCUT2D eigenvalue weighted by atomic mass is 10.1. The van der Waals surface area contributed by atoms with Crippen LogP contribution in [-0.4, -0.2) is 43.2 Å². The van der Waals surface area contributed by atoms with Gasteiger partial charge >= 0.3 is 0 Å². The molecule has 0 radical (unpaired) electrons. The number of hydrogen-bond acceptors (Lipinski definition) is 3. The number of piperidine rings is 1. The van der Waals surface area contributed by atoms with E-state index in [1.165, 1.54) is 24.3 Å². The van der Waals surface area contributed by atoms with Gasteiger partial charge in [0.1, 0.15) is 5.82 Å².